The summed E-state index contributed by atoms with van der Waals surface area (Å²) in [5.74, 6) is 0.928. The molecule has 1 aliphatic rings. The van der Waals surface area contributed by atoms with E-state index in [0.29, 0.717) is 11.9 Å². The Hall–Kier alpha value is -1.34. The smallest absolute Gasteiger partial charge is 0.328 e. The molecule has 25 heavy (non-hydrogen) atoms. The number of hydrogen-bond donors (Lipinski definition) is 2. The van der Waals surface area contributed by atoms with Gasteiger partial charge in [0.2, 0.25) is 0 Å². The molecule has 0 spiro atoms. The topological polar surface area (TPSA) is 81.2 Å². The van der Waals surface area contributed by atoms with Crippen molar-refractivity contribution in [1.29, 1.82) is 0 Å². The van der Waals surface area contributed by atoms with E-state index in [1.807, 2.05) is 27.7 Å². The number of ether oxygens (including phenoxy) is 3. The summed E-state index contributed by atoms with van der Waals surface area (Å²) >= 11 is 0. The molecular weight excluding hydrogens is 322 g/mol. The molecule has 7 nitrogen and oxygen atoms in total. The summed E-state index contributed by atoms with van der Waals surface area (Å²) in [6, 6.07) is 0. The van der Waals surface area contributed by atoms with Gasteiger partial charge in [0.05, 0.1) is 0 Å². The summed E-state index contributed by atoms with van der Waals surface area (Å²) in [7, 11) is 0. The van der Waals surface area contributed by atoms with Gasteiger partial charge in [0.1, 0.15) is 12.1 Å². The van der Waals surface area contributed by atoms with Crippen LogP contribution in [0.15, 0.2) is 4.99 Å². The van der Waals surface area contributed by atoms with E-state index in [0.717, 1.165) is 58.8 Å². The second kappa shape index (κ2) is 12.1. The van der Waals surface area contributed by atoms with E-state index < -0.39 is 5.60 Å². The summed E-state index contributed by atoms with van der Waals surface area (Å²) in [6.45, 7) is 12.3. The van der Waals surface area contributed by atoms with E-state index in [1.165, 1.54) is 0 Å². The van der Waals surface area contributed by atoms with E-state index in [1.54, 1.807) is 0 Å². The number of carbonyl (C=O) groups is 1. The predicted octanol–water partition coefficient (Wildman–Crippen LogP) is 1.72. The first-order valence-corrected chi connectivity index (χ1v) is 9.30. The molecule has 0 aromatic rings. The molecule has 0 saturated carbocycles. The zero-order valence-electron chi connectivity index (χ0n) is 16.2. The Kier molecular flexibility index (Phi) is 10.5. The molecular formula is C18H35N3O4. The molecule has 1 aliphatic heterocycles. The molecule has 0 atom stereocenters. The Bertz CT molecular complexity index is 402. The van der Waals surface area contributed by atoms with Crippen LogP contribution in [0.5, 0.6) is 0 Å². The third kappa shape index (κ3) is 11.8. The molecule has 7 heteroatoms. The largest absolute Gasteiger partial charge is 0.459 e. The Morgan fingerprint density at radius 1 is 1.24 bits per heavy atom. The van der Waals surface area contributed by atoms with Crippen molar-refractivity contribution in [2.45, 2.75) is 52.6 Å². The number of nitrogens with one attached hydrogen (secondary N) is 2. The van der Waals surface area contributed by atoms with Gasteiger partial charge in [0.25, 0.3) is 0 Å². The first-order valence-electron chi connectivity index (χ1n) is 9.30. The van der Waals surface area contributed by atoms with Gasteiger partial charge in [-0.25, -0.2) is 4.99 Å². The predicted molar refractivity (Wildman–Crippen MR) is 98.8 cm³/mol. The number of carbonyl (C=O) groups excluding carboxylic acids is 1. The lowest BCUT2D eigenvalue weighted by molar-refractivity contribution is -0.152. The highest BCUT2D eigenvalue weighted by atomic mass is 16.6. The average Bonchev–Trinajstić information content (AvgIpc) is 2.55. The standard InChI is InChI=1S/C18H35N3O4/c1-5-19-17(21-13-16(22)25-18(2,3)4)20-9-6-10-24-14-15-7-11-23-12-8-15/h15H,5-14H2,1-4H3,(H2,19,20,21). The van der Waals surface area contributed by atoms with Crippen molar-refractivity contribution >= 4 is 11.9 Å². The van der Waals surface area contributed by atoms with Crippen LogP contribution in [0.3, 0.4) is 0 Å². The van der Waals surface area contributed by atoms with Crippen LogP contribution in [0, 0.1) is 5.92 Å². The van der Waals surface area contributed by atoms with Crippen LogP contribution in [-0.4, -0.2) is 63.6 Å². The van der Waals surface area contributed by atoms with Gasteiger partial charge in [-0.3, -0.25) is 4.79 Å². The monoisotopic (exact) mass is 357 g/mol. The lowest BCUT2D eigenvalue weighted by Gasteiger charge is -2.21. The summed E-state index contributed by atoms with van der Waals surface area (Å²) < 4.78 is 16.3. The quantitative estimate of drug-likeness (QED) is 0.283. The maximum absolute atomic E-state index is 11.7. The number of esters is 1. The third-order valence-electron chi connectivity index (χ3n) is 3.58. The highest BCUT2D eigenvalue weighted by Gasteiger charge is 2.16. The number of rotatable bonds is 9. The van der Waals surface area contributed by atoms with Crippen LogP contribution < -0.4 is 10.6 Å². The normalized spacial score (nSPS) is 16.6. The highest BCUT2D eigenvalue weighted by molar-refractivity contribution is 5.83. The Morgan fingerprint density at radius 3 is 2.60 bits per heavy atom. The van der Waals surface area contributed by atoms with Crippen molar-refractivity contribution in [2.75, 3.05) is 46.1 Å². The van der Waals surface area contributed by atoms with Gasteiger partial charge in [0, 0.05) is 39.5 Å². The minimum Gasteiger partial charge on any atom is -0.459 e. The maximum Gasteiger partial charge on any atom is 0.328 e. The molecule has 0 aromatic carbocycles. The van der Waals surface area contributed by atoms with Crippen molar-refractivity contribution in [2.24, 2.45) is 10.9 Å². The first-order chi connectivity index (χ1) is 11.9. The Morgan fingerprint density at radius 2 is 1.96 bits per heavy atom. The van der Waals surface area contributed by atoms with E-state index in [4.69, 9.17) is 14.2 Å². The Labute approximate surface area is 151 Å². The molecule has 0 bridgehead atoms. The molecule has 0 amide bonds. The van der Waals surface area contributed by atoms with Gasteiger partial charge in [-0.1, -0.05) is 0 Å². The number of aliphatic imine (C=N–C) groups is 1. The van der Waals surface area contributed by atoms with Crippen molar-refractivity contribution in [3.63, 3.8) is 0 Å². The van der Waals surface area contributed by atoms with Crippen molar-refractivity contribution in [3.8, 4) is 0 Å². The minimum atomic E-state index is -0.486. The SMILES string of the molecule is CCNC(=NCC(=O)OC(C)(C)C)NCCCOCC1CCOCC1. The lowest BCUT2D eigenvalue weighted by atomic mass is 10.0. The summed E-state index contributed by atoms with van der Waals surface area (Å²) in [6.07, 6.45) is 3.08. The van der Waals surface area contributed by atoms with Crippen molar-refractivity contribution < 1.29 is 19.0 Å². The zero-order valence-corrected chi connectivity index (χ0v) is 16.2. The molecule has 0 unspecified atom stereocenters. The van der Waals surface area contributed by atoms with Gasteiger partial charge in [-0.05, 0) is 52.9 Å². The van der Waals surface area contributed by atoms with Crippen LogP contribution >= 0.6 is 0 Å². The molecule has 0 aliphatic carbocycles. The van der Waals surface area contributed by atoms with Crippen molar-refractivity contribution in [3.05, 3.63) is 0 Å². The summed E-state index contributed by atoms with van der Waals surface area (Å²) in [4.78, 5) is 16.0. The van der Waals surface area contributed by atoms with Crippen LogP contribution in [0.25, 0.3) is 0 Å². The molecule has 2 N–H and O–H groups in total. The lowest BCUT2D eigenvalue weighted by Crippen LogP contribution is -2.38. The molecule has 0 radical (unpaired) electrons. The van der Waals surface area contributed by atoms with Crippen LogP contribution in [0.4, 0.5) is 0 Å². The van der Waals surface area contributed by atoms with Gasteiger partial charge in [-0.2, -0.15) is 0 Å². The first kappa shape index (κ1) is 21.7. The molecule has 0 aromatic heterocycles. The Balaban J connectivity index is 2.16. The van der Waals surface area contributed by atoms with Gasteiger partial charge >= 0.3 is 5.97 Å². The number of guanidine groups is 1. The third-order valence-corrected chi connectivity index (χ3v) is 3.58. The van der Waals surface area contributed by atoms with E-state index in [-0.39, 0.29) is 12.5 Å². The fraction of sp³-hybridized carbons (Fsp3) is 0.889. The number of hydrogen-bond acceptors (Lipinski definition) is 5. The highest BCUT2D eigenvalue weighted by Crippen LogP contribution is 2.14. The summed E-state index contributed by atoms with van der Waals surface area (Å²) in [5, 5.41) is 6.33. The second-order valence-electron chi connectivity index (χ2n) is 7.19. The molecule has 1 rings (SSSR count). The average molecular weight is 357 g/mol. The van der Waals surface area contributed by atoms with Gasteiger partial charge < -0.3 is 24.8 Å². The zero-order chi connectivity index (χ0) is 18.5. The van der Waals surface area contributed by atoms with E-state index in [2.05, 4.69) is 15.6 Å². The molecule has 1 saturated heterocycles. The molecule has 1 fully saturated rings. The minimum absolute atomic E-state index is 0.00680. The molecule has 1 heterocycles. The van der Waals surface area contributed by atoms with Gasteiger partial charge in [-0.15, -0.1) is 0 Å². The van der Waals surface area contributed by atoms with Crippen LogP contribution in [-0.2, 0) is 19.0 Å². The molecule has 146 valence electrons. The van der Waals surface area contributed by atoms with Gasteiger partial charge in [0.15, 0.2) is 5.96 Å². The fourth-order valence-electron chi connectivity index (χ4n) is 2.40. The maximum atomic E-state index is 11.7. The van der Waals surface area contributed by atoms with E-state index >= 15 is 0 Å². The van der Waals surface area contributed by atoms with Crippen molar-refractivity contribution in [1.82, 2.24) is 10.6 Å². The number of nitrogens with zero attached hydrogens (tertiary/aromatic N) is 1. The van der Waals surface area contributed by atoms with Crippen LogP contribution in [0.2, 0.25) is 0 Å². The second-order valence-corrected chi connectivity index (χ2v) is 7.19. The fourth-order valence-corrected chi connectivity index (χ4v) is 2.40. The van der Waals surface area contributed by atoms with E-state index in [9.17, 15) is 4.79 Å². The summed E-state index contributed by atoms with van der Waals surface area (Å²) in [5.41, 5.74) is -0.486. The van der Waals surface area contributed by atoms with Crippen LogP contribution in [0.1, 0.15) is 47.0 Å².